The molecule has 16 heteroatoms. The van der Waals surface area contributed by atoms with Crippen molar-refractivity contribution in [1.82, 2.24) is 0 Å². The van der Waals surface area contributed by atoms with Crippen molar-refractivity contribution in [2.24, 2.45) is 9.98 Å². The molecule has 0 spiro atoms. The van der Waals surface area contributed by atoms with Gasteiger partial charge >= 0.3 is 322 Å². The van der Waals surface area contributed by atoms with Crippen LogP contribution in [0, 0.1) is 58.2 Å². The summed E-state index contributed by atoms with van der Waals surface area (Å²) in [4.78, 5) is 9.20. The molecule has 1 heterocycles. The average molecular weight is 858 g/mol. The van der Waals surface area contributed by atoms with Crippen LogP contribution >= 0.6 is 9.64 Å². The second-order valence-corrected chi connectivity index (χ2v) is 17.1. The molecular formula is C40H22ClF10GaN2O2. The number of hydrogen-bond acceptors (Lipinski definition) is 4. The molecule has 56 heavy (non-hydrogen) atoms. The molecule has 6 aromatic carbocycles. The first-order chi connectivity index (χ1) is 26.9. The van der Waals surface area contributed by atoms with Crippen molar-refractivity contribution in [3.05, 3.63) is 153 Å². The van der Waals surface area contributed by atoms with Crippen LogP contribution in [0.5, 0.6) is 11.5 Å². The van der Waals surface area contributed by atoms with Gasteiger partial charge in [0.05, 0.1) is 0 Å². The van der Waals surface area contributed by atoms with Gasteiger partial charge in [-0.15, -0.1) is 0 Å². The monoisotopic (exact) mass is 856 g/mol. The van der Waals surface area contributed by atoms with Gasteiger partial charge in [0.1, 0.15) is 0 Å². The number of fused-ring (bicyclic) bond motifs is 7. The predicted molar refractivity (Wildman–Crippen MR) is 191 cm³/mol. The van der Waals surface area contributed by atoms with Crippen molar-refractivity contribution in [2.45, 2.75) is 37.8 Å². The summed E-state index contributed by atoms with van der Waals surface area (Å²) in [5.74, 6) is -23.0. The minimum absolute atomic E-state index is 0.0538. The van der Waals surface area contributed by atoms with Crippen LogP contribution in [-0.2, 0) is 0 Å². The van der Waals surface area contributed by atoms with Crippen molar-refractivity contribution in [2.75, 3.05) is 0 Å². The van der Waals surface area contributed by atoms with Crippen LogP contribution in [-0.4, -0.2) is 39.5 Å². The van der Waals surface area contributed by atoms with E-state index < -0.39 is 109 Å². The summed E-state index contributed by atoms with van der Waals surface area (Å²) >= 11 is -4.40. The molecule has 1 fully saturated rings. The van der Waals surface area contributed by atoms with Crippen molar-refractivity contribution in [1.29, 1.82) is 0 Å². The SMILES string of the molecule is Fc1c(F)c(F)c(C2=N[C@@H]3CCCC[C@H]3N=C(c3c(F)c(F)c(F)c(F)c3F)c3ccc4ccccc4c3[O][Ga]([Cl])[O]c3c2ccc2ccccc32)c(F)c1F. The van der Waals surface area contributed by atoms with Gasteiger partial charge in [0.15, 0.2) is 0 Å². The zero-order valence-electron chi connectivity index (χ0n) is 28.4. The van der Waals surface area contributed by atoms with Crippen molar-refractivity contribution >= 4 is 58.6 Å². The number of halogens is 11. The van der Waals surface area contributed by atoms with E-state index in [2.05, 4.69) is 9.98 Å². The van der Waals surface area contributed by atoms with E-state index >= 15 is 17.6 Å². The molecule has 0 unspecified atom stereocenters. The van der Waals surface area contributed by atoms with Gasteiger partial charge in [-0.3, -0.25) is 0 Å². The Kier molecular flexibility index (Phi) is 10.0. The third kappa shape index (κ3) is 6.29. The summed E-state index contributed by atoms with van der Waals surface area (Å²) in [5, 5.41) is 1.59. The van der Waals surface area contributed by atoms with E-state index in [0.717, 1.165) is 0 Å². The summed E-state index contributed by atoms with van der Waals surface area (Å²) < 4.78 is 164. The molecule has 6 aromatic rings. The predicted octanol–water partition coefficient (Wildman–Crippen LogP) is 11.1. The summed E-state index contributed by atoms with van der Waals surface area (Å²) in [5.41, 5.74) is -4.79. The van der Waals surface area contributed by atoms with E-state index in [-0.39, 0.29) is 46.2 Å². The van der Waals surface area contributed by atoms with E-state index in [4.69, 9.17) is 16.7 Å². The molecule has 2 atom stereocenters. The molecule has 0 bridgehead atoms. The van der Waals surface area contributed by atoms with Gasteiger partial charge in [-0.25, -0.2) is 0 Å². The van der Waals surface area contributed by atoms with Gasteiger partial charge < -0.3 is 0 Å². The fourth-order valence-corrected chi connectivity index (χ4v) is 10.1. The van der Waals surface area contributed by atoms with Crippen molar-refractivity contribution in [3.8, 4) is 11.5 Å². The second-order valence-electron chi connectivity index (χ2n) is 13.1. The Bertz CT molecular complexity index is 2440. The van der Waals surface area contributed by atoms with E-state index in [1.807, 2.05) is 0 Å². The quantitative estimate of drug-likeness (QED) is 0.0754. The molecule has 1 aliphatic heterocycles. The molecule has 1 aliphatic carbocycles. The molecule has 0 aromatic heterocycles. The van der Waals surface area contributed by atoms with Crippen LogP contribution in [0.3, 0.4) is 0 Å². The molecule has 0 radical (unpaired) electrons. The molecule has 0 amide bonds. The summed E-state index contributed by atoms with van der Waals surface area (Å²) in [6, 6.07) is 16.2. The van der Waals surface area contributed by atoms with Crippen LogP contribution < -0.4 is 7.06 Å². The van der Waals surface area contributed by atoms with Crippen LogP contribution in [0.25, 0.3) is 21.5 Å². The van der Waals surface area contributed by atoms with Crippen LogP contribution in [0.4, 0.5) is 43.9 Å². The molecule has 0 N–H and O–H groups in total. The van der Waals surface area contributed by atoms with Gasteiger partial charge in [-0.1, -0.05) is 0 Å². The van der Waals surface area contributed by atoms with Crippen molar-refractivity contribution in [3.63, 3.8) is 0 Å². The minimum atomic E-state index is -4.40. The van der Waals surface area contributed by atoms with E-state index in [1.54, 1.807) is 48.5 Å². The zero-order chi connectivity index (χ0) is 39.6. The van der Waals surface area contributed by atoms with Gasteiger partial charge in [-0.05, 0) is 0 Å². The Labute approximate surface area is 320 Å². The maximum atomic E-state index is 15.8. The van der Waals surface area contributed by atoms with E-state index in [0.29, 0.717) is 23.6 Å². The van der Waals surface area contributed by atoms with Crippen LogP contribution in [0.1, 0.15) is 47.9 Å². The third-order valence-corrected chi connectivity index (χ3v) is 12.6. The van der Waals surface area contributed by atoms with Crippen molar-refractivity contribution < 1.29 is 51.0 Å². The number of aliphatic imine (C=N–C) groups is 2. The van der Waals surface area contributed by atoms with Gasteiger partial charge in [0, 0.05) is 0 Å². The molecule has 2 aliphatic rings. The normalized spacial score (nSPS) is 17.4. The number of nitrogens with zero attached hydrogens (tertiary/aromatic N) is 2. The van der Waals surface area contributed by atoms with E-state index in [9.17, 15) is 26.3 Å². The number of hydrogen-bond donors (Lipinski definition) is 0. The first-order valence-corrected chi connectivity index (χ1v) is 22.2. The Balaban J connectivity index is 1.50. The summed E-state index contributed by atoms with van der Waals surface area (Å²) in [7, 11) is 6.92. The Morgan fingerprint density at radius 1 is 0.464 bits per heavy atom. The topological polar surface area (TPSA) is 43.2 Å². The molecule has 8 rings (SSSR count). The molecule has 0 saturated heterocycles. The molecule has 1 saturated carbocycles. The van der Waals surface area contributed by atoms with Crippen LogP contribution in [0.2, 0.25) is 0 Å². The first-order valence-electron chi connectivity index (χ1n) is 17.1. The summed E-state index contributed by atoms with van der Waals surface area (Å²) in [6.45, 7) is 0. The Hall–Kier alpha value is -4.99. The third-order valence-electron chi connectivity index (χ3n) is 9.87. The van der Waals surface area contributed by atoms with Crippen LogP contribution in [0.15, 0.2) is 82.8 Å². The number of rotatable bonds is 2. The first kappa shape index (κ1) is 37.9. The zero-order valence-corrected chi connectivity index (χ0v) is 31.5. The fraction of sp³-hybridized carbons (Fsp3) is 0.150. The average Bonchev–Trinajstić information content (AvgIpc) is 3.21. The Morgan fingerprint density at radius 2 is 0.804 bits per heavy atom. The molecular weight excluding hydrogens is 836 g/mol. The standard InChI is InChI=1S/C40H24F10N2O2.ClH.Ga/c41-27-25(28(42)32(46)35(49)31(27)45)37(21-15-13-17-7-1-3-9-19(17)39(21)53)51-23-11-5-6-12-24(23)52-38(26-29(43)33(47)36(50)34(48)30(26)44)22-16-14-18-8-2-4-10-20(18)40(22)54;;/h1-4,7-10,13-16,23-24,53-54H,5-6,11-12H2;1H;/q;;+3/p-3/t23-,24-;;/m1../s1. The molecule has 284 valence electrons. The second kappa shape index (κ2) is 14.8. The van der Waals surface area contributed by atoms with Gasteiger partial charge in [0.2, 0.25) is 0 Å². The molecule has 4 nitrogen and oxygen atoms in total. The van der Waals surface area contributed by atoms with Gasteiger partial charge in [-0.2, -0.15) is 0 Å². The maximum absolute atomic E-state index is 15.8. The number of benzene rings is 6. The van der Waals surface area contributed by atoms with E-state index in [1.165, 1.54) is 24.3 Å². The Morgan fingerprint density at radius 3 is 1.18 bits per heavy atom. The fourth-order valence-electron chi connectivity index (χ4n) is 7.21. The summed E-state index contributed by atoms with van der Waals surface area (Å²) in [6.07, 6.45) is 0.899. The van der Waals surface area contributed by atoms with Gasteiger partial charge in [0.25, 0.3) is 0 Å².